The fourth-order valence-electron chi connectivity index (χ4n) is 1.26. The molecule has 0 aliphatic heterocycles. The highest BCUT2D eigenvalue weighted by Crippen LogP contribution is 2.14. The van der Waals surface area contributed by atoms with Gasteiger partial charge in [0.05, 0.1) is 7.11 Å². The molecular formula is C11H18N2O2. The van der Waals surface area contributed by atoms with Gasteiger partial charge in [0.1, 0.15) is 0 Å². The monoisotopic (exact) mass is 210 g/mol. The van der Waals surface area contributed by atoms with Crippen molar-refractivity contribution in [3.05, 3.63) is 18.3 Å². The first-order valence-electron chi connectivity index (χ1n) is 5.01. The standard InChI is InChI=1S/C11H18N2O2/c1-9(5-7-14-2)13-10-4-6-12-11(8-10)15-3/h4,6,8-9H,5,7H2,1-3H3,(H,12,13). The molecule has 0 saturated heterocycles. The fraction of sp³-hybridized carbons (Fsp3) is 0.545. The number of ether oxygens (including phenoxy) is 2. The predicted octanol–water partition coefficient (Wildman–Crippen LogP) is 1.93. The molecular weight excluding hydrogens is 192 g/mol. The fourth-order valence-corrected chi connectivity index (χ4v) is 1.26. The number of rotatable bonds is 6. The molecule has 1 N–H and O–H groups in total. The van der Waals surface area contributed by atoms with Crippen LogP contribution in [0.1, 0.15) is 13.3 Å². The van der Waals surface area contributed by atoms with E-state index < -0.39 is 0 Å². The lowest BCUT2D eigenvalue weighted by molar-refractivity contribution is 0.191. The molecule has 15 heavy (non-hydrogen) atoms. The SMILES string of the molecule is COCCC(C)Nc1ccnc(OC)c1. The van der Waals surface area contributed by atoms with Gasteiger partial charge in [-0.05, 0) is 19.4 Å². The number of hydrogen-bond acceptors (Lipinski definition) is 4. The van der Waals surface area contributed by atoms with Gasteiger partial charge < -0.3 is 14.8 Å². The molecule has 1 aromatic rings. The molecule has 0 bridgehead atoms. The second-order valence-electron chi connectivity index (χ2n) is 3.41. The van der Waals surface area contributed by atoms with E-state index in [1.54, 1.807) is 20.4 Å². The Balaban J connectivity index is 2.48. The molecule has 0 amide bonds. The zero-order valence-corrected chi connectivity index (χ0v) is 9.49. The third-order valence-corrected chi connectivity index (χ3v) is 2.11. The van der Waals surface area contributed by atoms with Crippen molar-refractivity contribution in [1.82, 2.24) is 4.98 Å². The van der Waals surface area contributed by atoms with Gasteiger partial charge in [-0.1, -0.05) is 0 Å². The second kappa shape index (κ2) is 6.24. The smallest absolute Gasteiger partial charge is 0.214 e. The minimum Gasteiger partial charge on any atom is -0.481 e. The van der Waals surface area contributed by atoms with Crippen molar-refractivity contribution in [1.29, 1.82) is 0 Å². The average Bonchev–Trinajstić information content (AvgIpc) is 2.26. The molecule has 0 aromatic carbocycles. The Labute approximate surface area is 90.6 Å². The van der Waals surface area contributed by atoms with Gasteiger partial charge in [0.25, 0.3) is 0 Å². The first kappa shape index (κ1) is 11.8. The molecule has 0 radical (unpaired) electrons. The first-order valence-corrected chi connectivity index (χ1v) is 5.01. The van der Waals surface area contributed by atoms with E-state index in [-0.39, 0.29) is 0 Å². The number of anilines is 1. The lowest BCUT2D eigenvalue weighted by Gasteiger charge is -2.14. The Morgan fingerprint density at radius 3 is 2.93 bits per heavy atom. The van der Waals surface area contributed by atoms with E-state index in [1.165, 1.54) is 0 Å². The molecule has 84 valence electrons. The molecule has 4 nitrogen and oxygen atoms in total. The normalized spacial score (nSPS) is 12.2. The largest absolute Gasteiger partial charge is 0.481 e. The highest BCUT2D eigenvalue weighted by Gasteiger charge is 2.02. The predicted molar refractivity (Wildman–Crippen MR) is 60.4 cm³/mol. The van der Waals surface area contributed by atoms with Gasteiger partial charge in [-0.15, -0.1) is 0 Å². The number of pyridine rings is 1. The molecule has 1 unspecified atom stereocenters. The Morgan fingerprint density at radius 1 is 1.47 bits per heavy atom. The summed E-state index contributed by atoms with van der Waals surface area (Å²) in [5, 5.41) is 3.35. The zero-order valence-electron chi connectivity index (χ0n) is 9.49. The number of hydrogen-bond donors (Lipinski definition) is 1. The van der Waals surface area contributed by atoms with Gasteiger partial charge in [-0.2, -0.15) is 0 Å². The maximum atomic E-state index is 5.04. The molecule has 1 atom stereocenters. The van der Waals surface area contributed by atoms with Crippen LogP contribution < -0.4 is 10.1 Å². The van der Waals surface area contributed by atoms with Gasteiger partial charge >= 0.3 is 0 Å². The van der Waals surface area contributed by atoms with Crippen LogP contribution >= 0.6 is 0 Å². The number of methoxy groups -OCH3 is 2. The zero-order chi connectivity index (χ0) is 11.1. The van der Waals surface area contributed by atoms with Crippen molar-refractivity contribution in [2.75, 3.05) is 26.1 Å². The molecule has 0 saturated carbocycles. The van der Waals surface area contributed by atoms with Crippen LogP contribution in [0.25, 0.3) is 0 Å². The Kier molecular flexibility index (Phi) is 4.90. The summed E-state index contributed by atoms with van der Waals surface area (Å²) in [6.45, 7) is 2.88. The van der Waals surface area contributed by atoms with Crippen LogP contribution in [-0.2, 0) is 4.74 Å². The summed E-state index contributed by atoms with van der Waals surface area (Å²) >= 11 is 0. The molecule has 0 aliphatic carbocycles. The quantitative estimate of drug-likeness (QED) is 0.779. The van der Waals surface area contributed by atoms with E-state index >= 15 is 0 Å². The molecule has 1 aromatic heterocycles. The average molecular weight is 210 g/mol. The lowest BCUT2D eigenvalue weighted by atomic mass is 10.2. The van der Waals surface area contributed by atoms with Crippen molar-refractivity contribution in [3.8, 4) is 5.88 Å². The van der Waals surface area contributed by atoms with Crippen LogP contribution in [0.3, 0.4) is 0 Å². The minimum absolute atomic E-state index is 0.372. The second-order valence-corrected chi connectivity index (χ2v) is 3.41. The number of aromatic nitrogens is 1. The summed E-state index contributed by atoms with van der Waals surface area (Å²) in [6, 6.07) is 4.17. The minimum atomic E-state index is 0.372. The summed E-state index contributed by atoms with van der Waals surface area (Å²) in [4.78, 5) is 4.04. The Morgan fingerprint density at radius 2 is 2.27 bits per heavy atom. The van der Waals surface area contributed by atoms with Crippen LogP contribution in [0.5, 0.6) is 5.88 Å². The van der Waals surface area contributed by atoms with Crippen LogP contribution in [0.2, 0.25) is 0 Å². The summed E-state index contributed by atoms with van der Waals surface area (Å²) in [5.41, 5.74) is 1.02. The summed E-state index contributed by atoms with van der Waals surface area (Å²) in [5.74, 6) is 0.624. The van der Waals surface area contributed by atoms with E-state index in [0.29, 0.717) is 11.9 Å². The third kappa shape index (κ3) is 4.16. The summed E-state index contributed by atoms with van der Waals surface area (Å²) in [6.07, 6.45) is 2.70. The number of nitrogens with one attached hydrogen (secondary N) is 1. The topological polar surface area (TPSA) is 43.4 Å². The van der Waals surface area contributed by atoms with E-state index in [0.717, 1.165) is 18.7 Å². The number of nitrogens with zero attached hydrogens (tertiary/aromatic N) is 1. The van der Waals surface area contributed by atoms with Crippen molar-refractivity contribution in [3.63, 3.8) is 0 Å². The Bertz CT molecular complexity index is 292. The molecule has 1 heterocycles. The third-order valence-electron chi connectivity index (χ3n) is 2.11. The van der Waals surface area contributed by atoms with Gasteiger partial charge in [0, 0.05) is 37.7 Å². The van der Waals surface area contributed by atoms with Crippen molar-refractivity contribution >= 4 is 5.69 Å². The lowest BCUT2D eigenvalue weighted by Crippen LogP contribution is -2.17. The molecule has 0 spiro atoms. The summed E-state index contributed by atoms with van der Waals surface area (Å²) in [7, 11) is 3.32. The van der Waals surface area contributed by atoms with Crippen molar-refractivity contribution in [2.45, 2.75) is 19.4 Å². The van der Waals surface area contributed by atoms with Crippen LogP contribution in [0.4, 0.5) is 5.69 Å². The van der Waals surface area contributed by atoms with Crippen LogP contribution in [-0.4, -0.2) is 31.9 Å². The van der Waals surface area contributed by atoms with Gasteiger partial charge in [0.2, 0.25) is 5.88 Å². The van der Waals surface area contributed by atoms with Gasteiger partial charge in [-0.25, -0.2) is 4.98 Å². The maximum Gasteiger partial charge on any atom is 0.214 e. The van der Waals surface area contributed by atoms with E-state index in [9.17, 15) is 0 Å². The van der Waals surface area contributed by atoms with Crippen molar-refractivity contribution < 1.29 is 9.47 Å². The first-order chi connectivity index (χ1) is 7.26. The van der Waals surface area contributed by atoms with E-state index in [2.05, 4.69) is 17.2 Å². The molecule has 1 rings (SSSR count). The van der Waals surface area contributed by atoms with Gasteiger partial charge in [-0.3, -0.25) is 0 Å². The highest BCUT2D eigenvalue weighted by atomic mass is 16.5. The molecule has 4 heteroatoms. The van der Waals surface area contributed by atoms with E-state index in [1.807, 2.05) is 12.1 Å². The van der Waals surface area contributed by atoms with Crippen LogP contribution in [0.15, 0.2) is 18.3 Å². The Hall–Kier alpha value is -1.29. The van der Waals surface area contributed by atoms with E-state index in [4.69, 9.17) is 9.47 Å². The molecule has 0 aliphatic rings. The summed E-state index contributed by atoms with van der Waals surface area (Å²) < 4.78 is 10.1. The van der Waals surface area contributed by atoms with Crippen LogP contribution in [0, 0.1) is 0 Å². The van der Waals surface area contributed by atoms with Gasteiger partial charge in [0.15, 0.2) is 0 Å². The molecule has 0 fully saturated rings. The van der Waals surface area contributed by atoms with Crippen molar-refractivity contribution in [2.24, 2.45) is 0 Å². The highest BCUT2D eigenvalue weighted by molar-refractivity contribution is 5.45. The maximum absolute atomic E-state index is 5.04.